The zero-order chi connectivity index (χ0) is 13.5. The lowest BCUT2D eigenvalue weighted by Gasteiger charge is -2.23. The van der Waals surface area contributed by atoms with E-state index in [2.05, 4.69) is 36.1 Å². The van der Waals surface area contributed by atoms with Gasteiger partial charge in [-0.15, -0.1) is 0 Å². The number of hydrogen-bond acceptors (Lipinski definition) is 3. The van der Waals surface area contributed by atoms with Crippen LogP contribution < -0.4 is 5.73 Å². The molecule has 0 saturated carbocycles. The Morgan fingerprint density at radius 1 is 1.32 bits per heavy atom. The smallest absolute Gasteiger partial charge is 0.0588 e. The molecule has 0 aliphatic carbocycles. The van der Waals surface area contributed by atoms with Gasteiger partial charge in [-0.25, -0.2) is 0 Å². The molecule has 0 bridgehead atoms. The average Bonchev–Trinajstić information content (AvgIpc) is 2.97. The van der Waals surface area contributed by atoms with Crippen molar-refractivity contribution in [2.24, 2.45) is 5.73 Å². The van der Waals surface area contributed by atoms with Crippen LogP contribution in [0.15, 0.2) is 24.3 Å². The van der Waals surface area contributed by atoms with Gasteiger partial charge >= 0.3 is 0 Å². The van der Waals surface area contributed by atoms with Crippen LogP contribution in [0.4, 0.5) is 0 Å². The molecular weight excluding hydrogens is 236 g/mol. The molecule has 106 valence electrons. The van der Waals surface area contributed by atoms with E-state index in [-0.39, 0.29) is 0 Å². The lowest BCUT2D eigenvalue weighted by atomic mass is 10.1. The van der Waals surface area contributed by atoms with Crippen LogP contribution in [0.3, 0.4) is 0 Å². The molecule has 19 heavy (non-hydrogen) atoms. The van der Waals surface area contributed by atoms with E-state index in [1.54, 1.807) is 0 Å². The van der Waals surface area contributed by atoms with Crippen LogP contribution in [0.5, 0.6) is 0 Å². The van der Waals surface area contributed by atoms with Gasteiger partial charge in [0.25, 0.3) is 0 Å². The minimum Gasteiger partial charge on any atom is -0.378 e. The zero-order valence-corrected chi connectivity index (χ0v) is 12.0. The van der Waals surface area contributed by atoms with Gasteiger partial charge < -0.3 is 10.5 Å². The van der Waals surface area contributed by atoms with E-state index in [0.29, 0.717) is 12.6 Å². The van der Waals surface area contributed by atoms with Crippen LogP contribution in [0.1, 0.15) is 37.3 Å². The number of rotatable bonds is 7. The lowest BCUT2D eigenvalue weighted by molar-refractivity contribution is 0.0916. The maximum Gasteiger partial charge on any atom is 0.0588 e. The second-order valence-corrected chi connectivity index (χ2v) is 5.27. The molecule has 3 heteroatoms. The summed E-state index contributed by atoms with van der Waals surface area (Å²) in [5, 5.41) is 0. The molecule has 1 aliphatic rings. The summed E-state index contributed by atoms with van der Waals surface area (Å²) in [6, 6.07) is 8.48. The van der Waals surface area contributed by atoms with Crippen molar-refractivity contribution in [1.29, 1.82) is 0 Å². The molecule has 0 spiro atoms. The topological polar surface area (TPSA) is 38.5 Å². The number of nitrogens with two attached hydrogens (primary N) is 1. The van der Waals surface area contributed by atoms with E-state index in [0.717, 1.165) is 32.7 Å². The van der Waals surface area contributed by atoms with Gasteiger partial charge in [0.05, 0.1) is 6.10 Å². The highest BCUT2D eigenvalue weighted by Crippen LogP contribution is 2.17. The molecule has 0 aromatic heterocycles. The molecule has 1 unspecified atom stereocenters. The molecule has 2 N–H and O–H groups in total. The van der Waals surface area contributed by atoms with Gasteiger partial charge in [0.15, 0.2) is 0 Å². The van der Waals surface area contributed by atoms with Crippen LogP contribution >= 0.6 is 0 Å². The molecule has 1 aromatic rings. The van der Waals surface area contributed by atoms with E-state index >= 15 is 0 Å². The van der Waals surface area contributed by atoms with Crippen molar-refractivity contribution in [2.45, 2.75) is 45.4 Å². The molecule has 1 fully saturated rings. The van der Waals surface area contributed by atoms with Gasteiger partial charge in [-0.1, -0.05) is 31.2 Å². The van der Waals surface area contributed by atoms with Crippen molar-refractivity contribution < 1.29 is 4.74 Å². The van der Waals surface area contributed by atoms with E-state index in [1.807, 2.05) is 0 Å². The van der Waals surface area contributed by atoms with Crippen molar-refractivity contribution in [3.63, 3.8) is 0 Å². The second-order valence-electron chi connectivity index (χ2n) is 5.27. The van der Waals surface area contributed by atoms with Crippen molar-refractivity contribution in [3.8, 4) is 0 Å². The highest BCUT2D eigenvalue weighted by atomic mass is 16.5. The minimum absolute atomic E-state index is 0.485. The first-order valence-electron chi connectivity index (χ1n) is 7.44. The Morgan fingerprint density at radius 2 is 2.11 bits per heavy atom. The van der Waals surface area contributed by atoms with Crippen molar-refractivity contribution >= 4 is 0 Å². The molecule has 2 rings (SSSR count). The van der Waals surface area contributed by atoms with E-state index in [4.69, 9.17) is 10.5 Å². The Balaban J connectivity index is 1.86. The Hall–Kier alpha value is -0.900. The summed E-state index contributed by atoms with van der Waals surface area (Å²) in [6.07, 6.45) is 4.10. The van der Waals surface area contributed by atoms with Crippen LogP contribution in [-0.4, -0.2) is 30.7 Å². The first-order chi connectivity index (χ1) is 9.33. The summed E-state index contributed by atoms with van der Waals surface area (Å²) >= 11 is 0. The fourth-order valence-electron chi connectivity index (χ4n) is 2.70. The summed E-state index contributed by atoms with van der Waals surface area (Å²) in [5.41, 5.74) is 8.43. The molecule has 1 atom stereocenters. The third kappa shape index (κ3) is 4.30. The molecule has 1 aliphatic heterocycles. The fraction of sp³-hybridized carbons (Fsp3) is 0.625. The van der Waals surface area contributed by atoms with Gasteiger partial charge in [0, 0.05) is 26.2 Å². The van der Waals surface area contributed by atoms with E-state index in [9.17, 15) is 0 Å². The van der Waals surface area contributed by atoms with Crippen LogP contribution in [0.2, 0.25) is 0 Å². The SMILES string of the molecule is CCN(CCC1CCCO1)Cc1ccccc1CN. The summed E-state index contributed by atoms with van der Waals surface area (Å²) in [7, 11) is 0. The predicted octanol–water partition coefficient (Wildman–Crippen LogP) is 2.54. The molecular formula is C16H26N2O. The fourth-order valence-corrected chi connectivity index (χ4v) is 2.70. The first kappa shape index (κ1) is 14.5. The van der Waals surface area contributed by atoms with Crippen molar-refractivity contribution in [1.82, 2.24) is 4.90 Å². The molecule has 1 aromatic carbocycles. The number of ether oxygens (including phenoxy) is 1. The molecule has 1 heterocycles. The molecule has 0 amide bonds. The summed E-state index contributed by atoms with van der Waals surface area (Å²) in [4.78, 5) is 2.48. The Bertz CT molecular complexity index is 375. The van der Waals surface area contributed by atoms with Gasteiger partial charge in [0.2, 0.25) is 0 Å². The lowest BCUT2D eigenvalue weighted by Crippen LogP contribution is -2.27. The normalized spacial score (nSPS) is 19.2. The van der Waals surface area contributed by atoms with Crippen LogP contribution in [-0.2, 0) is 17.8 Å². The monoisotopic (exact) mass is 262 g/mol. The number of hydrogen-bond donors (Lipinski definition) is 1. The third-order valence-corrected chi connectivity index (χ3v) is 3.97. The summed E-state index contributed by atoms with van der Waals surface area (Å²) in [6.45, 7) is 6.98. The van der Waals surface area contributed by atoms with Crippen LogP contribution in [0.25, 0.3) is 0 Å². The standard InChI is InChI=1S/C16H26N2O/c1-2-18(10-9-16-8-5-11-19-16)13-15-7-4-3-6-14(15)12-17/h3-4,6-7,16H,2,5,8-13,17H2,1H3. The van der Waals surface area contributed by atoms with Gasteiger partial charge in [-0.2, -0.15) is 0 Å². The van der Waals surface area contributed by atoms with Gasteiger partial charge in [0.1, 0.15) is 0 Å². The van der Waals surface area contributed by atoms with Gasteiger partial charge in [-0.3, -0.25) is 4.90 Å². The van der Waals surface area contributed by atoms with Crippen molar-refractivity contribution in [2.75, 3.05) is 19.7 Å². The number of nitrogens with zero attached hydrogens (tertiary/aromatic N) is 1. The molecule has 1 saturated heterocycles. The largest absolute Gasteiger partial charge is 0.378 e. The summed E-state index contributed by atoms with van der Waals surface area (Å²) in [5.74, 6) is 0. The predicted molar refractivity (Wildman–Crippen MR) is 78.9 cm³/mol. The van der Waals surface area contributed by atoms with Gasteiger partial charge in [-0.05, 0) is 36.9 Å². The second kappa shape index (κ2) is 7.63. The van der Waals surface area contributed by atoms with Crippen molar-refractivity contribution in [3.05, 3.63) is 35.4 Å². The summed E-state index contributed by atoms with van der Waals surface area (Å²) < 4.78 is 5.70. The third-order valence-electron chi connectivity index (χ3n) is 3.97. The first-order valence-corrected chi connectivity index (χ1v) is 7.44. The maximum absolute atomic E-state index is 5.80. The average molecular weight is 262 g/mol. The highest BCUT2D eigenvalue weighted by Gasteiger charge is 2.16. The van der Waals surface area contributed by atoms with Crippen LogP contribution in [0, 0.1) is 0 Å². The quantitative estimate of drug-likeness (QED) is 0.820. The van der Waals surface area contributed by atoms with E-state index in [1.165, 1.54) is 24.0 Å². The highest BCUT2D eigenvalue weighted by molar-refractivity contribution is 5.26. The zero-order valence-electron chi connectivity index (χ0n) is 12.0. The Kier molecular flexibility index (Phi) is 5.83. The maximum atomic E-state index is 5.80. The Labute approximate surface area is 116 Å². The Morgan fingerprint density at radius 3 is 2.74 bits per heavy atom. The minimum atomic E-state index is 0.485. The number of benzene rings is 1. The van der Waals surface area contributed by atoms with E-state index < -0.39 is 0 Å². The molecule has 3 nitrogen and oxygen atoms in total. The molecule has 0 radical (unpaired) electrons.